The van der Waals surface area contributed by atoms with E-state index in [-0.39, 0.29) is 0 Å². The van der Waals surface area contributed by atoms with Gasteiger partial charge in [0.05, 0.1) is 0 Å². The van der Waals surface area contributed by atoms with E-state index in [1.54, 1.807) is 12.1 Å². The first-order valence-electron chi connectivity index (χ1n) is 5.18. The maximum Gasteiger partial charge on any atom is 0.133 e. The van der Waals surface area contributed by atoms with Crippen LogP contribution >= 0.6 is 24.8 Å². The zero-order chi connectivity index (χ0) is 11.5. The standard InChI is InChI=1S/C11H14N2OS2/c14-10-3-1-9(2-4-10)12-5-7-13(8-6-12)11(15)16/h1-4,14H,5-8H2,(H,15,16). The number of benzene rings is 1. The lowest BCUT2D eigenvalue weighted by atomic mass is 10.2. The Morgan fingerprint density at radius 1 is 1.12 bits per heavy atom. The fourth-order valence-electron chi connectivity index (χ4n) is 1.82. The van der Waals surface area contributed by atoms with Crippen LogP contribution in [-0.4, -0.2) is 40.5 Å². The first-order chi connectivity index (χ1) is 7.66. The lowest BCUT2D eigenvalue weighted by Crippen LogP contribution is -2.47. The van der Waals surface area contributed by atoms with Crippen LogP contribution in [0.4, 0.5) is 5.69 Å². The summed E-state index contributed by atoms with van der Waals surface area (Å²) in [6.45, 7) is 3.68. The lowest BCUT2D eigenvalue weighted by Gasteiger charge is -2.36. The molecule has 1 heterocycles. The van der Waals surface area contributed by atoms with Gasteiger partial charge in [-0.15, -0.1) is 12.6 Å². The molecule has 1 aromatic carbocycles. The average Bonchev–Trinajstić information content (AvgIpc) is 2.30. The van der Waals surface area contributed by atoms with E-state index in [2.05, 4.69) is 22.4 Å². The van der Waals surface area contributed by atoms with E-state index in [0.29, 0.717) is 10.1 Å². The number of thiol groups is 1. The smallest absolute Gasteiger partial charge is 0.133 e. The Bertz CT molecular complexity index is 372. The summed E-state index contributed by atoms with van der Waals surface area (Å²) in [6.07, 6.45) is 0. The van der Waals surface area contributed by atoms with Crippen LogP contribution in [0.15, 0.2) is 24.3 Å². The van der Waals surface area contributed by atoms with Crippen LogP contribution in [0.1, 0.15) is 0 Å². The van der Waals surface area contributed by atoms with Gasteiger partial charge in [-0.2, -0.15) is 0 Å². The Morgan fingerprint density at radius 3 is 2.19 bits per heavy atom. The van der Waals surface area contributed by atoms with Crippen molar-refractivity contribution in [3.05, 3.63) is 24.3 Å². The number of nitrogens with zero attached hydrogens (tertiary/aromatic N) is 2. The van der Waals surface area contributed by atoms with Crippen molar-refractivity contribution in [2.75, 3.05) is 31.1 Å². The Hall–Kier alpha value is -0.940. The molecule has 0 saturated carbocycles. The van der Waals surface area contributed by atoms with Gasteiger partial charge in [-0.05, 0) is 24.3 Å². The van der Waals surface area contributed by atoms with Gasteiger partial charge in [0.25, 0.3) is 0 Å². The van der Waals surface area contributed by atoms with Crippen LogP contribution in [-0.2, 0) is 0 Å². The summed E-state index contributed by atoms with van der Waals surface area (Å²) in [5.74, 6) is 0.305. The minimum absolute atomic E-state index is 0.305. The lowest BCUT2D eigenvalue weighted by molar-refractivity contribution is 0.398. The van der Waals surface area contributed by atoms with E-state index >= 15 is 0 Å². The zero-order valence-electron chi connectivity index (χ0n) is 8.83. The second-order valence-corrected chi connectivity index (χ2v) is 4.89. The molecule has 5 heteroatoms. The van der Waals surface area contributed by atoms with Gasteiger partial charge in [-0.1, -0.05) is 12.2 Å². The fourth-order valence-corrected chi connectivity index (χ4v) is 2.20. The van der Waals surface area contributed by atoms with Crippen molar-refractivity contribution in [1.29, 1.82) is 0 Å². The molecule has 1 fully saturated rings. The van der Waals surface area contributed by atoms with E-state index in [1.807, 2.05) is 12.1 Å². The number of hydrogen-bond donors (Lipinski definition) is 2. The van der Waals surface area contributed by atoms with Gasteiger partial charge in [-0.25, -0.2) is 0 Å². The number of phenolic OH excluding ortho intramolecular Hbond substituents is 1. The molecule has 0 radical (unpaired) electrons. The van der Waals surface area contributed by atoms with Gasteiger partial charge in [0.2, 0.25) is 0 Å². The quantitative estimate of drug-likeness (QED) is 0.589. The Balaban J connectivity index is 1.99. The molecule has 0 amide bonds. The Labute approximate surface area is 106 Å². The molecule has 0 bridgehead atoms. The monoisotopic (exact) mass is 254 g/mol. The Kier molecular flexibility index (Phi) is 3.56. The highest BCUT2D eigenvalue weighted by Gasteiger charge is 2.17. The summed E-state index contributed by atoms with van der Waals surface area (Å²) in [7, 11) is 0. The van der Waals surface area contributed by atoms with Crippen molar-refractivity contribution in [2.24, 2.45) is 0 Å². The van der Waals surface area contributed by atoms with Crippen LogP contribution in [0.25, 0.3) is 0 Å². The largest absolute Gasteiger partial charge is 0.508 e. The number of phenols is 1. The van der Waals surface area contributed by atoms with Crippen molar-refractivity contribution in [2.45, 2.75) is 0 Å². The van der Waals surface area contributed by atoms with Crippen molar-refractivity contribution >= 4 is 34.9 Å². The maximum atomic E-state index is 9.22. The van der Waals surface area contributed by atoms with Crippen LogP contribution in [0.3, 0.4) is 0 Å². The predicted octanol–water partition coefficient (Wildman–Crippen LogP) is 1.73. The van der Waals surface area contributed by atoms with Gasteiger partial charge < -0.3 is 14.9 Å². The second-order valence-electron chi connectivity index (χ2n) is 3.77. The number of piperazine rings is 1. The maximum absolute atomic E-state index is 9.22. The average molecular weight is 254 g/mol. The molecular weight excluding hydrogens is 240 g/mol. The summed E-state index contributed by atoms with van der Waals surface area (Å²) in [5.41, 5.74) is 1.14. The zero-order valence-corrected chi connectivity index (χ0v) is 10.5. The summed E-state index contributed by atoms with van der Waals surface area (Å²) in [6, 6.07) is 7.30. The molecular formula is C11H14N2OS2. The molecule has 1 aromatic rings. The molecule has 0 atom stereocenters. The van der Waals surface area contributed by atoms with Crippen LogP contribution in [0.5, 0.6) is 5.75 Å². The first kappa shape index (κ1) is 11.5. The molecule has 2 rings (SSSR count). The summed E-state index contributed by atoms with van der Waals surface area (Å²) >= 11 is 9.20. The van der Waals surface area contributed by atoms with Gasteiger partial charge in [0, 0.05) is 31.9 Å². The van der Waals surface area contributed by atoms with Crippen molar-refractivity contribution in [3.63, 3.8) is 0 Å². The van der Waals surface area contributed by atoms with E-state index in [4.69, 9.17) is 12.2 Å². The third kappa shape index (κ3) is 2.59. The number of aromatic hydroxyl groups is 1. The summed E-state index contributed by atoms with van der Waals surface area (Å²) in [5, 5.41) is 9.22. The minimum atomic E-state index is 0.305. The van der Waals surface area contributed by atoms with Crippen molar-refractivity contribution in [3.8, 4) is 5.75 Å². The molecule has 3 nitrogen and oxygen atoms in total. The van der Waals surface area contributed by atoms with E-state index in [1.165, 1.54) is 0 Å². The van der Waals surface area contributed by atoms with E-state index in [9.17, 15) is 5.11 Å². The minimum Gasteiger partial charge on any atom is -0.508 e. The summed E-state index contributed by atoms with van der Waals surface area (Å²) in [4.78, 5) is 4.37. The highest BCUT2D eigenvalue weighted by atomic mass is 32.1. The van der Waals surface area contributed by atoms with E-state index in [0.717, 1.165) is 31.9 Å². The molecule has 16 heavy (non-hydrogen) atoms. The molecule has 0 aliphatic carbocycles. The van der Waals surface area contributed by atoms with Crippen LogP contribution < -0.4 is 4.90 Å². The number of rotatable bonds is 1. The number of hydrogen-bond acceptors (Lipinski definition) is 3. The molecule has 1 saturated heterocycles. The first-order valence-corrected chi connectivity index (χ1v) is 6.04. The van der Waals surface area contributed by atoms with E-state index < -0.39 is 0 Å². The predicted molar refractivity (Wildman–Crippen MR) is 73.5 cm³/mol. The van der Waals surface area contributed by atoms with Crippen LogP contribution in [0.2, 0.25) is 0 Å². The molecule has 0 unspecified atom stereocenters. The molecule has 0 spiro atoms. The van der Waals surface area contributed by atoms with Gasteiger partial charge in [-0.3, -0.25) is 0 Å². The molecule has 86 valence electrons. The molecule has 0 aromatic heterocycles. The fraction of sp³-hybridized carbons (Fsp3) is 0.364. The van der Waals surface area contributed by atoms with Crippen LogP contribution in [0, 0.1) is 0 Å². The summed E-state index contributed by atoms with van der Waals surface area (Å²) < 4.78 is 0.672. The number of thiocarbonyl (C=S) groups is 1. The molecule has 1 N–H and O–H groups in total. The van der Waals surface area contributed by atoms with Gasteiger partial charge in [0.15, 0.2) is 0 Å². The highest BCUT2D eigenvalue weighted by Crippen LogP contribution is 2.20. The SMILES string of the molecule is Oc1ccc(N2CCN(C(=S)S)CC2)cc1. The number of anilines is 1. The third-order valence-corrected chi connectivity index (χ3v) is 3.31. The normalized spacial score (nSPS) is 16.3. The van der Waals surface area contributed by atoms with Crippen molar-refractivity contribution in [1.82, 2.24) is 4.90 Å². The van der Waals surface area contributed by atoms with Gasteiger partial charge >= 0.3 is 0 Å². The molecule has 1 aliphatic heterocycles. The van der Waals surface area contributed by atoms with Crippen molar-refractivity contribution < 1.29 is 5.11 Å². The van der Waals surface area contributed by atoms with Gasteiger partial charge in [0.1, 0.15) is 10.1 Å². The highest BCUT2D eigenvalue weighted by molar-refractivity contribution is 8.10. The molecule has 1 aliphatic rings. The third-order valence-electron chi connectivity index (χ3n) is 2.77. The second kappa shape index (κ2) is 4.93. The Morgan fingerprint density at radius 2 is 1.69 bits per heavy atom. The topological polar surface area (TPSA) is 26.7 Å².